The average Bonchev–Trinajstić information content (AvgIpc) is 3.25. The Balaban J connectivity index is 1.57. The van der Waals surface area contributed by atoms with Crippen molar-refractivity contribution in [3.05, 3.63) is 52.9 Å². The molecule has 2 aromatic rings. The number of fused-ring (bicyclic) bond motifs is 1. The molecule has 0 saturated carbocycles. The molecule has 1 saturated heterocycles. The Labute approximate surface area is 175 Å². The SMILES string of the molecule is CC(Oc1cccc(/C=C2/SC(=S)N(c3ccc4c(c3)OCO4)C2=O)c1)C(=O)O. The fourth-order valence-corrected chi connectivity index (χ4v) is 4.10. The number of benzene rings is 2. The van der Waals surface area contributed by atoms with E-state index in [2.05, 4.69) is 0 Å². The third-order valence-electron chi connectivity index (χ3n) is 4.22. The van der Waals surface area contributed by atoms with Crippen molar-refractivity contribution in [3.63, 3.8) is 0 Å². The molecule has 1 fully saturated rings. The number of thiocarbonyl (C=S) groups is 1. The van der Waals surface area contributed by atoms with Crippen molar-refractivity contribution < 1.29 is 28.9 Å². The van der Waals surface area contributed by atoms with Gasteiger partial charge in [-0.05, 0) is 42.8 Å². The number of carboxylic acid groups (broad SMARTS) is 1. The third kappa shape index (κ3) is 3.92. The molecule has 1 N–H and O–H groups in total. The fraction of sp³-hybridized carbons (Fsp3) is 0.150. The summed E-state index contributed by atoms with van der Waals surface area (Å²) in [7, 11) is 0. The van der Waals surface area contributed by atoms with Crippen molar-refractivity contribution in [2.45, 2.75) is 13.0 Å². The normalized spacial score (nSPS) is 17.7. The monoisotopic (exact) mass is 429 g/mol. The van der Waals surface area contributed by atoms with Gasteiger partial charge in [0, 0.05) is 6.07 Å². The highest BCUT2D eigenvalue weighted by Gasteiger charge is 2.34. The van der Waals surface area contributed by atoms with Crippen LogP contribution >= 0.6 is 24.0 Å². The van der Waals surface area contributed by atoms with Gasteiger partial charge >= 0.3 is 5.97 Å². The number of thioether (sulfide) groups is 1. The van der Waals surface area contributed by atoms with Crippen LogP contribution in [0.5, 0.6) is 17.2 Å². The lowest BCUT2D eigenvalue weighted by atomic mass is 10.2. The standard InChI is InChI=1S/C20H15NO6S2/c1-11(19(23)24)27-14-4-2-3-12(7-14)8-17-18(22)21(20(28)29-17)13-5-6-15-16(9-13)26-10-25-15/h2-9,11H,10H2,1H3,(H,23,24)/b17-8+. The van der Waals surface area contributed by atoms with Crippen LogP contribution in [-0.2, 0) is 9.59 Å². The molecule has 1 amide bonds. The molecule has 2 aliphatic heterocycles. The number of carboxylic acids is 1. The summed E-state index contributed by atoms with van der Waals surface area (Å²) < 4.78 is 16.5. The van der Waals surface area contributed by atoms with E-state index in [0.29, 0.717) is 37.7 Å². The summed E-state index contributed by atoms with van der Waals surface area (Å²) in [6, 6.07) is 12.1. The summed E-state index contributed by atoms with van der Waals surface area (Å²) >= 11 is 6.59. The number of anilines is 1. The third-order valence-corrected chi connectivity index (χ3v) is 5.53. The molecule has 0 aliphatic carbocycles. The Morgan fingerprint density at radius 3 is 2.86 bits per heavy atom. The van der Waals surface area contributed by atoms with Crippen molar-refractivity contribution in [1.82, 2.24) is 0 Å². The van der Waals surface area contributed by atoms with E-state index in [1.165, 1.54) is 23.6 Å². The van der Waals surface area contributed by atoms with Gasteiger partial charge in [-0.15, -0.1) is 0 Å². The highest BCUT2D eigenvalue weighted by Crippen LogP contribution is 2.40. The van der Waals surface area contributed by atoms with E-state index in [-0.39, 0.29) is 12.7 Å². The van der Waals surface area contributed by atoms with Crippen molar-refractivity contribution >= 4 is 51.9 Å². The van der Waals surface area contributed by atoms with E-state index in [9.17, 15) is 9.59 Å². The number of ether oxygens (including phenoxy) is 3. The zero-order valence-corrected chi connectivity index (χ0v) is 16.8. The van der Waals surface area contributed by atoms with Crippen LogP contribution in [0.25, 0.3) is 6.08 Å². The molecule has 2 aliphatic rings. The quantitative estimate of drug-likeness (QED) is 0.569. The van der Waals surface area contributed by atoms with E-state index >= 15 is 0 Å². The minimum absolute atomic E-state index is 0.149. The lowest BCUT2D eigenvalue weighted by Crippen LogP contribution is -2.27. The fourth-order valence-electron chi connectivity index (χ4n) is 2.80. The molecule has 0 spiro atoms. The minimum Gasteiger partial charge on any atom is -0.479 e. The second-order valence-corrected chi connectivity index (χ2v) is 7.90. The maximum absolute atomic E-state index is 12.9. The van der Waals surface area contributed by atoms with Gasteiger partial charge in [0.2, 0.25) is 6.79 Å². The lowest BCUT2D eigenvalue weighted by molar-refractivity contribution is -0.144. The Hall–Kier alpha value is -3.04. The van der Waals surface area contributed by atoms with Gasteiger partial charge in [-0.25, -0.2) is 4.79 Å². The zero-order chi connectivity index (χ0) is 20.5. The molecule has 0 bridgehead atoms. The van der Waals surface area contributed by atoms with E-state index in [1.807, 2.05) is 0 Å². The molecule has 0 aromatic heterocycles. The molecule has 1 unspecified atom stereocenters. The Morgan fingerprint density at radius 1 is 1.28 bits per heavy atom. The first-order valence-corrected chi connectivity index (χ1v) is 9.82. The van der Waals surface area contributed by atoms with E-state index < -0.39 is 12.1 Å². The van der Waals surface area contributed by atoms with Gasteiger partial charge in [-0.2, -0.15) is 0 Å². The number of rotatable bonds is 5. The summed E-state index contributed by atoms with van der Waals surface area (Å²) in [5.74, 6) is 0.295. The summed E-state index contributed by atoms with van der Waals surface area (Å²) in [5, 5.41) is 8.98. The van der Waals surface area contributed by atoms with Gasteiger partial charge in [0.15, 0.2) is 21.9 Å². The van der Waals surface area contributed by atoms with Crippen LogP contribution in [-0.4, -0.2) is 34.2 Å². The lowest BCUT2D eigenvalue weighted by Gasteiger charge is -2.14. The van der Waals surface area contributed by atoms with Crippen LogP contribution in [0, 0.1) is 0 Å². The molecule has 7 nitrogen and oxygen atoms in total. The van der Waals surface area contributed by atoms with Crippen LogP contribution < -0.4 is 19.1 Å². The largest absolute Gasteiger partial charge is 0.479 e. The van der Waals surface area contributed by atoms with Gasteiger partial charge < -0.3 is 19.3 Å². The number of carbonyl (C=O) groups is 2. The van der Waals surface area contributed by atoms with Crippen LogP contribution in [0.2, 0.25) is 0 Å². The van der Waals surface area contributed by atoms with Crippen molar-refractivity contribution in [2.24, 2.45) is 0 Å². The maximum atomic E-state index is 12.9. The van der Waals surface area contributed by atoms with Gasteiger partial charge in [0.1, 0.15) is 5.75 Å². The molecule has 148 valence electrons. The van der Waals surface area contributed by atoms with Crippen LogP contribution in [0.1, 0.15) is 12.5 Å². The van der Waals surface area contributed by atoms with Gasteiger partial charge in [0.25, 0.3) is 5.91 Å². The first kappa shape index (κ1) is 19.3. The molecule has 4 rings (SSSR count). The van der Waals surface area contributed by atoms with Gasteiger partial charge in [-0.3, -0.25) is 9.69 Å². The summed E-state index contributed by atoms with van der Waals surface area (Å²) in [4.78, 5) is 25.8. The second-order valence-electron chi connectivity index (χ2n) is 6.23. The molecular weight excluding hydrogens is 414 g/mol. The minimum atomic E-state index is -1.06. The highest BCUT2D eigenvalue weighted by atomic mass is 32.2. The number of aliphatic carboxylic acids is 1. The maximum Gasteiger partial charge on any atom is 0.344 e. The first-order valence-electron chi connectivity index (χ1n) is 8.59. The Morgan fingerprint density at radius 2 is 2.07 bits per heavy atom. The van der Waals surface area contributed by atoms with Crippen molar-refractivity contribution in [3.8, 4) is 17.2 Å². The predicted molar refractivity (Wildman–Crippen MR) is 112 cm³/mol. The number of hydrogen-bond acceptors (Lipinski definition) is 7. The average molecular weight is 429 g/mol. The molecule has 9 heteroatoms. The smallest absolute Gasteiger partial charge is 0.344 e. The summed E-state index contributed by atoms with van der Waals surface area (Å²) in [5.41, 5.74) is 1.30. The Kier molecular flexibility index (Phi) is 5.16. The molecule has 0 radical (unpaired) electrons. The number of nitrogens with zero attached hydrogens (tertiary/aromatic N) is 1. The molecule has 29 heavy (non-hydrogen) atoms. The van der Waals surface area contributed by atoms with Crippen LogP contribution in [0.15, 0.2) is 47.4 Å². The number of hydrogen-bond donors (Lipinski definition) is 1. The van der Waals surface area contributed by atoms with E-state index in [0.717, 1.165) is 0 Å². The topological polar surface area (TPSA) is 85.3 Å². The van der Waals surface area contributed by atoms with E-state index in [1.54, 1.807) is 48.5 Å². The predicted octanol–water partition coefficient (Wildman–Crippen LogP) is 3.67. The van der Waals surface area contributed by atoms with Crippen molar-refractivity contribution in [2.75, 3.05) is 11.7 Å². The molecular formula is C20H15NO6S2. The molecule has 1 atom stereocenters. The van der Waals surface area contributed by atoms with Gasteiger partial charge in [-0.1, -0.05) is 36.1 Å². The molecule has 2 heterocycles. The number of carbonyl (C=O) groups excluding carboxylic acids is 1. The Bertz CT molecular complexity index is 1050. The van der Waals surface area contributed by atoms with Gasteiger partial charge in [0.05, 0.1) is 10.6 Å². The highest BCUT2D eigenvalue weighted by molar-refractivity contribution is 8.27. The molecule has 2 aromatic carbocycles. The summed E-state index contributed by atoms with van der Waals surface area (Å²) in [6.07, 6.45) is 0.722. The first-order chi connectivity index (χ1) is 13.9. The summed E-state index contributed by atoms with van der Waals surface area (Å²) in [6.45, 7) is 1.60. The zero-order valence-electron chi connectivity index (χ0n) is 15.2. The van der Waals surface area contributed by atoms with Crippen LogP contribution in [0.4, 0.5) is 5.69 Å². The number of amides is 1. The van der Waals surface area contributed by atoms with Crippen molar-refractivity contribution in [1.29, 1.82) is 0 Å². The van der Waals surface area contributed by atoms with E-state index in [4.69, 9.17) is 31.5 Å². The second kappa shape index (κ2) is 7.76. The van der Waals surface area contributed by atoms with Crippen LogP contribution in [0.3, 0.4) is 0 Å².